The van der Waals surface area contributed by atoms with Crippen LogP contribution in [0.25, 0.3) is 5.78 Å². The van der Waals surface area contributed by atoms with Gasteiger partial charge in [-0.2, -0.15) is 9.50 Å². The van der Waals surface area contributed by atoms with Crippen molar-refractivity contribution < 1.29 is 14.3 Å². The van der Waals surface area contributed by atoms with Crippen LogP contribution in [0.1, 0.15) is 43.1 Å². The standard InChI is InChI=1S/C18H26N6O3/c1-11-6-8-23(9-7-11)15(25)10-27-16(26)5-4-14-12(2)20-18-21-17(19)22-24(18)13(14)3/h11H,4-10H2,1-3H3,(H2,19,22). The molecule has 0 atom stereocenters. The number of fused-ring (bicyclic) bond motifs is 1. The van der Waals surface area contributed by atoms with Crippen LogP contribution in [-0.4, -0.2) is 56.1 Å². The summed E-state index contributed by atoms with van der Waals surface area (Å²) in [5.41, 5.74) is 8.15. The van der Waals surface area contributed by atoms with Gasteiger partial charge in [-0.15, -0.1) is 5.10 Å². The number of carbonyl (C=O) groups is 2. The highest BCUT2D eigenvalue weighted by Gasteiger charge is 2.21. The summed E-state index contributed by atoms with van der Waals surface area (Å²) in [5.74, 6) is 0.728. The van der Waals surface area contributed by atoms with E-state index in [4.69, 9.17) is 10.5 Å². The van der Waals surface area contributed by atoms with Crippen LogP contribution >= 0.6 is 0 Å². The van der Waals surface area contributed by atoms with E-state index in [9.17, 15) is 9.59 Å². The van der Waals surface area contributed by atoms with Crippen LogP contribution in [0.2, 0.25) is 0 Å². The average molecular weight is 374 g/mol. The summed E-state index contributed by atoms with van der Waals surface area (Å²) in [6.07, 6.45) is 2.62. The van der Waals surface area contributed by atoms with Crippen molar-refractivity contribution in [2.45, 2.75) is 46.5 Å². The topological polar surface area (TPSA) is 116 Å². The van der Waals surface area contributed by atoms with E-state index in [0.29, 0.717) is 18.1 Å². The second kappa shape index (κ2) is 7.89. The van der Waals surface area contributed by atoms with Crippen molar-refractivity contribution in [1.82, 2.24) is 24.5 Å². The molecule has 1 fully saturated rings. The molecule has 2 aromatic heterocycles. The number of nitrogen functional groups attached to an aromatic ring is 1. The Morgan fingerprint density at radius 2 is 1.93 bits per heavy atom. The zero-order chi connectivity index (χ0) is 19.6. The first kappa shape index (κ1) is 19.1. The van der Waals surface area contributed by atoms with E-state index in [2.05, 4.69) is 22.0 Å². The maximum atomic E-state index is 12.1. The molecule has 0 bridgehead atoms. The average Bonchev–Trinajstić information content (AvgIpc) is 3.00. The van der Waals surface area contributed by atoms with Gasteiger partial charge in [0.1, 0.15) is 0 Å². The number of nitrogens with two attached hydrogens (primary N) is 1. The summed E-state index contributed by atoms with van der Waals surface area (Å²) >= 11 is 0. The van der Waals surface area contributed by atoms with E-state index in [0.717, 1.165) is 42.9 Å². The maximum Gasteiger partial charge on any atom is 0.306 e. The second-order valence-electron chi connectivity index (χ2n) is 7.17. The molecule has 2 aromatic rings. The fraction of sp³-hybridized carbons (Fsp3) is 0.611. The summed E-state index contributed by atoms with van der Waals surface area (Å²) in [4.78, 5) is 34.4. The molecule has 0 aliphatic carbocycles. The first-order valence-electron chi connectivity index (χ1n) is 9.27. The summed E-state index contributed by atoms with van der Waals surface area (Å²) in [6, 6.07) is 0. The lowest BCUT2D eigenvalue weighted by atomic mass is 9.99. The van der Waals surface area contributed by atoms with Gasteiger partial charge < -0.3 is 15.4 Å². The van der Waals surface area contributed by atoms with Crippen molar-refractivity contribution in [2.24, 2.45) is 5.92 Å². The van der Waals surface area contributed by atoms with Gasteiger partial charge in [0.25, 0.3) is 11.7 Å². The summed E-state index contributed by atoms with van der Waals surface area (Å²) in [6.45, 7) is 7.22. The number of anilines is 1. The molecule has 1 aliphatic heterocycles. The number of aromatic nitrogens is 4. The lowest BCUT2D eigenvalue weighted by molar-refractivity contribution is -0.152. The van der Waals surface area contributed by atoms with Crippen LogP contribution in [0.15, 0.2) is 0 Å². The molecule has 0 radical (unpaired) electrons. The highest BCUT2D eigenvalue weighted by molar-refractivity contribution is 5.80. The Labute approximate surface area is 157 Å². The van der Waals surface area contributed by atoms with Gasteiger partial charge in [-0.25, -0.2) is 4.98 Å². The smallest absolute Gasteiger partial charge is 0.306 e. The van der Waals surface area contributed by atoms with Gasteiger partial charge in [0, 0.05) is 30.9 Å². The third-order valence-corrected chi connectivity index (χ3v) is 5.14. The van der Waals surface area contributed by atoms with Crippen molar-refractivity contribution in [3.63, 3.8) is 0 Å². The van der Waals surface area contributed by atoms with E-state index in [-0.39, 0.29) is 24.9 Å². The number of hydrogen-bond donors (Lipinski definition) is 1. The number of aryl methyl sites for hydroxylation is 2. The van der Waals surface area contributed by atoms with Gasteiger partial charge >= 0.3 is 5.97 Å². The van der Waals surface area contributed by atoms with E-state index in [1.807, 2.05) is 13.8 Å². The molecule has 2 N–H and O–H groups in total. The van der Waals surface area contributed by atoms with Crippen LogP contribution in [0.5, 0.6) is 0 Å². The van der Waals surface area contributed by atoms with Gasteiger partial charge in [0.15, 0.2) is 6.61 Å². The molecule has 9 nitrogen and oxygen atoms in total. The second-order valence-corrected chi connectivity index (χ2v) is 7.17. The fourth-order valence-electron chi connectivity index (χ4n) is 3.38. The first-order valence-corrected chi connectivity index (χ1v) is 9.27. The molecule has 146 valence electrons. The molecule has 0 spiro atoms. The predicted molar refractivity (Wildman–Crippen MR) is 98.9 cm³/mol. The molecule has 1 saturated heterocycles. The minimum atomic E-state index is -0.397. The number of carbonyl (C=O) groups excluding carboxylic acids is 2. The van der Waals surface area contributed by atoms with Crippen LogP contribution in [-0.2, 0) is 20.7 Å². The monoisotopic (exact) mass is 374 g/mol. The van der Waals surface area contributed by atoms with Crippen molar-refractivity contribution in [3.05, 3.63) is 17.0 Å². The molecule has 0 saturated carbocycles. The van der Waals surface area contributed by atoms with Gasteiger partial charge in [-0.05, 0) is 44.6 Å². The predicted octanol–water partition coefficient (Wildman–Crippen LogP) is 1.06. The number of nitrogens with zero attached hydrogens (tertiary/aromatic N) is 5. The Bertz CT molecular complexity index is 854. The Morgan fingerprint density at radius 1 is 1.22 bits per heavy atom. The third-order valence-electron chi connectivity index (χ3n) is 5.14. The van der Waals surface area contributed by atoms with E-state index in [1.54, 1.807) is 9.42 Å². The van der Waals surface area contributed by atoms with Crippen molar-refractivity contribution in [2.75, 3.05) is 25.4 Å². The largest absolute Gasteiger partial charge is 0.456 e. The Morgan fingerprint density at radius 3 is 2.63 bits per heavy atom. The first-order chi connectivity index (χ1) is 12.8. The number of esters is 1. The number of piperidine rings is 1. The zero-order valence-corrected chi connectivity index (χ0v) is 16.1. The van der Waals surface area contributed by atoms with E-state index >= 15 is 0 Å². The van der Waals surface area contributed by atoms with Gasteiger partial charge in [0.2, 0.25) is 5.95 Å². The number of amides is 1. The van der Waals surface area contributed by atoms with Crippen LogP contribution in [0.3, 0.4) is 0 Å². The summed E-state index contributed by atoms with van der Waals surface area (Å²) < 4.78 is 6.74. The molecular weight excluding hydrogens is 348 g/mol. The molecule has 1 amide bonds. The van der Waals surface area contributed by atoms with Crippen LogP contribution in [0.4, 0.5) is 5.95 Å². The minimum Gasteiger partial charge on any atom is -0.456 e. The van der Waals surface area contributed by atoms with Crippen LogP contribution in [0, 0.1) is 19.8 Å². The minimum absolute atomic E-state index is 0.121. The lowest BCUT2D eigenvalue weighted by Crippen LogP contribution is -2.40. The number of rotatable bonds is 5. The number of hydrogen-bond acceptors (Lipinski definition) is 7. The Hall–Kier alpha value is -2.71. The summed E-state index contributed by atoms with van der Waals surface area (Å²) in [5, 5.41) is 4.11. The number of ether oxygens (including phenoxy) is 1. The fourth-order valence-corrected chi connectivity index (χ4v) is 3.38. The highest BCUT2D eigenvalue weighted by Crippen LogP contribution is 2.17. The van der Waals surface area contributed by atoms with Crippen molar-refractivity contribution >= 4 is 23.6 Å². The molecule has 9 heteroatoms. The van der Waals surface area contributed by atoms with Gasteiger partial charge in [-0.1, -0.05) is 6.92 Å². The van der Waals surface area contributed by atoms with E-state index in [1.165, 1.54) is 0 Å². The Balaban J connectivity index is 1.53. The molecule has 3 rings (SSSR count). The highest BCUT2D eigenvalue weighted by atomic mass is 16.5. The van der Waals surface area contributed by atoms with E-state index < -0.39 is 5.97 Å². The maximum absolute atomic E-state index is 12.1. The SMILES string of the molecule is Cc1nc2nc(N)nn2c(C)c1CCC(=O)OCC(=O)N1CCC(C)CC1. The summed E-state index contributed by atoms with van der Waals surface area (Å²) in [7, 11) is 0. The molecule has 27 heavy (non-hydrogen) atoms. The quantitative estimate of drug-likeness (QED) is 0.778. The molecular formula is C18H26N6O3. The third kappa shape index (κ3) is 4.35. The molecule has 0 aromatic carbocycles. The van der Waals surface area contributed by atoms with Crippen molar-refractivity contribution in [3.8, 4) is 0 Å². The molecule has 1 aliphatic rings. The zero-order valence-electron chi connectivity index (χ0n) is 16.1. The van der Waals surface area contributed by atoms with Gasteiger partial charge in [-0.3, -0.25) is 9.59 Å². The lowest BCUT2D eigenvalue weighted by Gasteiger charge is -2.30. The van der Waals surface area contributed by atoms with Crippen molar-refractivity contribution in [1.29, 1.82) is 0 Å². The van der Waals surface area contributed by atoms with Gasteiger partial charge in [0.05, 0.1) is 0 Å². The molecule has 3 heterocycles. The molecule has 0 unspecified atom stereocenters. The Kier molecular flexibility index (Phi) is 5.57. The normalized spacial score (nSPS) is 15.3. The number of likely N-dealkylation sites (tertiary alicyclic amines) is 1. The van der Waals surface area contributed by atoms with Crippen LogP contribution < -0.4 is 5.73 Å².